The number of carboxylic acids is 1. The highest BCUT2D eigenvalue weighted by Crippen LogP contribution is 2.11. The van der Waals surface area contributed by atoms with E-state index in [4.69, 9.17) is 5.73 Å². The van der Waals surface area contributed by atoms with Crippen LogP contribution >= 0.6 is 11.8 Å². The Morgan fingerprint density at radius 3 is 2.26 bits per heavy atom. The molecule has 1 aromatic rings. The van der Waals surface area contributed by atoms with Crippen LogP contribution in [0.15, 0.2) is 12.5 Å². The van der Waals surface area contributed by atoms with Gasteiger partial charge < -0.3 is 31.8 Å². The number of thioether (sulfide) groups is 1. The van der Waals surface area contributed by atoms with Gasteiger partial charge in [-0.1, -0.05) is 34.1 Å². The number of hydrogen-bond donors (Lipinski definition) is 6. The van der Waals surface area contributed by atoms with Gasteiger partial charge >= 0.3 is 5.97 Å². The Balaban J connectivity index is 3.06. The number of carboxylic acid groups (broad SMARTS) is 1. The smallest absolute Gasteiger partial charge is 0.326 e. The van der Waals surface area contributed by atoms with Crippen molar-refractivity contribution in [2.75, 3.05) is 12.0 Å². The standard InChI is InChI=1S/C23H40N6O5S/c1-6-14(4)19(29-20(30)16(24)9-13(2)3)22(32)28-18(10-15-11-25-12-26-15)21(31)27-17(23(33)34)7-8-35-5/h11-14,16-19H,6-10,24H2,1-5H3,(H,25,26)(H,27,31)(H,28,32)(H,29,30)(H,33,34). The fourth-order valence-corrected chi connectivity index (χ4v) is 3.90. The minimum absolute atomic E-state index is 0.0699. The van der Waals surface area contributed by atoms with Gasteiger partial charge in [0.15, 0.2) is 0 Å². The third-order valence-corrected chi connectivity index (χ3v) is 6.34. The van der Waals surface area contributed by atoms with Crippen LogP contribution in [0.3, 0.4) is 0 Å². The fraction of sp³-hybridized carbons (Fsp3) is 0.696. The quantitative estimate of drug-likeness (QED) is 0.187. The molecule has 7 N–H and O–H groups in total. The summed E-state index contributed by atoms with van der Waals surface area (Å²) >= 11 is 1.47. The minimum Gasteiger partial charge on any atom is -0.480 e. The first kappa shape index (κ1) is 30.4. The van der Waals surface area contributed by atoms with Crippen LogP contribution in [0, 0.1) is 11.8 Å². The lowest BCUT2D eigenvalue weighted by Crippen LogP contribution is -2.59. The number of imidazole rings is 1. The molecule has 0 aliphatic rings. The summed E-state index contributed by atoms with van der Waals surface area (Å²) in [4.78, 5) is 57.4. The molecule has 0 saturated heterocycles. The predicted molar refractivity (Wildman–Crippen MR) is 136 cm³/mol. The molecule has 0 radical (unpaired) electrons. The van der Waals surface area contributed by atoms with Crippen molar-refractivity contribution >= 4 is 35.5 Å². The van der Waals surface area contributed by atoms with E-state index in [2.05, 4.69) is 25.9 Å². The summed E-state index contributed by atoms with van der Waals surface area (Å²) in [5.74, 6) is -2.23. The van der Waals surface area contributed by atoms with Crippen LogP contribution in [-0.2, 0) is 25.6 Å². The SMILES string of the molecule is CCC(C)C(NC(=O)C(N)CC(C)C)C(=O)NC(Cc1cnc[nH]1)C(=O)NC(CCSC)C(=O)O. The number of nitrogens with one attached hydrogen (secondary N) is 4. The average Bonchev–Trinajstić information content (AvgIpc) is 3.31. The normalized spacial score (nSPS) is 15.5. The zero-order chi connectivity index (χ0) is 26.5. The van der Waals surface area contributed by atoms with E-state index in [1.807, 2.05) is 34.0 Å². The highest BCUT2D eigenvalue weighted by Gasteiger charge is 2.32. The zero-order valence-electron chi connectivity index (χ0n) is 21.2. The average molecular weight is 513 g/mol. The first-order valence-corrected chi connectivity index (χ1v) is 13.2. The van der Waals surface area contributed by atoms with Crippen LogP contribution in [0.4, 0.5) is 0 Å². The number of carbonyl (C=O) groups is 4. The lowest BCUT2D eigenvalue weighted by molar-refractivity contribution is -0.142. The van der Waals surface area contributed by atoms with Crippen molar-refractivity contribution in [1.29, 1.82) is 0 Å². The lowest BCUT2D eigenvalue weighted by atomic mass is 9.96. The maximum Gasteiger partial charge on any atom is 0.326 e. The highest BCUT2D eigenvalue weighted by molar-refractivity contribution is 7.98. The molecule has 5 atom stereocenters. The topological polar surface area (TPSA) is 179 Å². The van der Waals surface area contributed by atoms with Gasteiger partial charge in [0.25, 0.3) is 0 Å². The van der Waals surface area contributed by atoms with Crippen molar-refractivity contribution in [1.82, 2.24) is 25.9 Å². The Labute approximate surface area is 211 Å². The van der Waals surface area contributed by atoms with E-state index < -0.39 is 47.9 Å². The van der Waals surface area contributed by atoms with Crippen molar-refractivity contribution in [2.45, 2.75) is 77.5 Å². The maximum atomic E-state index is 13.3. The monoisotopic (exact) mass is 512 g/mol. The van der Waals surface area contributed by atoms with Crippen LogP contribution in [0.1, 0.15) is 52.7 Å². The third kappa shape index (κ3) is 10.7. The molecule has 0 fully saturated rings. The summed E-state index contributed by atoms with van der Waals surface area (Å²) in [5.41, 5.74) is 6.58. The Morgan fingerprint density at radius 1 is 1.09 bits per heavy atom. The number of nitrogens with two attached hydrogens (primary N) is 1. The molecule has 1 heterocycles. The number of aromatic nitrogens is 2. The third-order valence-electron chi connectivity index (χ3n) is 5.69. The summed E-state index contributed by atoms with van der Waals surface area (Å²) in [6.45, 7) is 7.62. The second kappa shape index (κ2) is 15.4. The Kier molecular flexibility index (Phi) is 13.4. The molecule has 0 spiro atoms. The van der Waals surface area contributed by atoms with Crippen molar-refractivity contribution in [2.24, 2.45) is 17.6 Å². The van der Waals surface area contributed by atoms with Crippen LogP contribution in [0.25, 0.3) is 0 Å². The van der Waals surface area contributed by atoms with E-state index >= 15 is 0 Å². The number of H-pyrrole nitrogens is 1. The molecule has 198 valence electrons. The molecule has 1 aromatic heterocycles. The van der Waals surface area contributed by atoms with Gasteiger partial charge in [0, 0.05) is 18.3 Å². The number of nitrogens with zero attached hydrogens (tertiary/aromatic N) is 1. The predicted octanol–water partition coefficient (Wildman–Crippen LogP) is 0.664. The van der Waals surface area contributed by atoms with Crippen molar-refractivity contribution in [3.63, 3.8) is 0 Å². The molecule has 0 aliphatic heterocycles. The number of aliphatic carboxylic acids is 1. The van der Waals surface area contributed by atoms with Gasteiger partial charge in [0.1, 0.15) is 18.1 Å². The van der Waals surface area contributed by atoms with Gasteiger partial charge in [-0.05, 0) is 36.7 Å². The Hall–Kier alpha value is -2.60. The molecular weight excluding hydrogens is 472 g/mol. The molecule has 5 unspecified atom stereocenters. The van der Waals surface area contributed by atoms with E-state index in [0.717, 1.165) is 0 Å². The van der Waals surface area contributed by atoms with E-state index in [1.165, 1.54) is 24.3 Å². The molecule has 0 bridgehead atoms. The van der Waals surface area contributed by atoms with Crippen LogP contribution in [0.2, 0.25) is 0 Å². The minimum atomic E-state index is -1.15. The molecule has 35 heavy (non-hydrogen) atoms. The van der Waals surface area contributed by atoms with Gasteiger partial charge in [-0.25, -0.2) is 9.78 Å². The number of amides is 3. The van der Waals surface area contributed by atoms with Crippen LogP contribution < -0.4 is 21.7 Å². The molecule has 0 aromatic carbocycles. The Morgan fingerprint density at radius 2 is 1.74 bits per heavy atom. The van der Waals surface area contributed by atoms with E-state index in [-0.39, 0.29) is 24.7 Å². The first-order chi connectivity index (χ1) is 16.5. The van der Waals surface area contributed by atoms with Gasteiger partial charge in [-0.15, -0.1) is 0 Å². The molecule has 11 nitrogen and oxygen atoms in total. The second-order valence-electron chi connectivity index (χ2n) is 9.13. The van der Waals surface area contributed by atoms with Crippen LogP contribution in [-0.4, -0.2) is 74.9 Å². The van der Waals surface area contributed by atoms with E-state index in [0.29, 0.717) is 24.3 Å². The summed E-state index contributed by atoms with van der Waals surface area (Å²) in [6, 6.07) is -3.83. The van der Waals surface area contributed by atoms with E-state index in [1.54, 1.807) is 0 Å². The van der Waals surface area contributed by atoms with Crippen LogP contribution in [0.5, 0.6) is 0 Å². The maximum absolute atomic E-state index is 13.3. The molecule has 3 amide bonds. The first-order valence-electron chi connectivity index (χ1n) is 11.9. The van der Waals surface area contributed by atoms with Crippen molar-refractivity contribution in [3.8, 4) is 0 Å². The molecule has 0 saturated carbocycles. The number of rotatable bonds is 16. The highest BCUT2D eigenvalue weighted by atomic mass is 32.2. The number of aromatic amines is 1. The van der Waals surface area contributed by atoms with Gasteiger partial charge in [-0.3, -0.25) is 14.4 Å². The number of carbonyl (C=O) groups excluding carboxylic acids is 3. The Bertz CT molecular complexity index is 819. The van der Waals surface area contributed by atoms with E-state index in [9.17, 15) is 24.3 Å². The molecule has 1 rings (SSSR count). The summed E-state index contributed by atoms with van der Waals surface area (Å²) in [7, 11) is 0. The lowest BCUT2D eigenvalue weighted by Gasteiger charge is -2.28. The fourth-order valence-electron chi connectivity index (χ4n) is 3.43. The zero-order valence-corrected chi connectivity index (χ0v) is 22.0. The molecular formula is C23H40N6O5S. The second-order valence-corrected chi connectivity index (χ2v) is 10.1. The van der Waals surface area contributed by atoms with Crippen molar-refractivity contribution < 1.29 is 24.3 Å². The summed E-state index contributed by atoms with van der Waals surface area (Å²) in [6.07, 6.45) is 6.20. The summed E-state index contributed by atoms with van der Waals surface area (Å²) < 4.78 is 0. The van der Waals surface area contributed by atoms with Gasteiger partial charge in [0.05, 0.1) is 12.4 Å². The number of hydrogen-bond acceptors (Lipinski definition) is 7. The molecule has 12 heteroatoms. The summed E-state index contributed by atoms with van der Waals surface area (Å²) in [5, 5.41) is 17.5. The largest absolute Gasteiger partial charge is 0.480 e. The molecule has 0 aliphatic carbocycles. The van der Waals surface area contributed by atoms with Gasteiger partial charge in [0.2, 0.25) is 17.7 Å². The van der Waals surface area contributed by atoms with Crippen molar-refractivity contribution in [3.05, 3.63) is 18.2 Å². The van der Waals surface area contributed by atoms with Gasteiger partial charge in [-0.2, -0.15) is 11.8 Å².